The third-order valence-corrected chi connectivity index (χ3v) is 5.41. The topological polar surface area (TPSA) is 68.1 Å². The lowest BCUT2D eigenvalue weighted by atomic mass is 10.1. The summed E-state index contributed by atoms with van der Waals surface area (Å²) in [6.45, 7) is 4.88. The van der Waals surface area contributed by atoms with Crippen LogP contribution in [0.25, 0.3) is 16.2 Å². The maximum absolute atomic E-state index is 14.7. The molecule has 6 nitrogen and oxygen atoms in total. The first-order valence-corrected chi connectivity index (χ1v) is 9.25. The smallest absolute Gasteiger partial charge is 0.201 e. The van der Waals surface area contributed by atoms with Gasteiger partial charge >= 0.3 is 0 Å². The molecule has 0 saturated carbocycles. The van der Waals surface area contributed by atoms with Gasteiger partial charge < -0.3 is 4.90 Å². The molecule has 0 aromatic carbocycles. The van der Waals surface area contributed by atoms with E-state index in [1.807, 2.05) is 4.90 Å². The van der Waals surface area contributed by atoms with E-state index < -0.39 is 11.2 Å². The van der Waals surface area contributed by atoms with Crippen LogP contribution in [-0.4, -0.2) is 33.4 Å². The molecule has 4 rings (SSSR count). The van der Waals surface area contributed by atoms with Gasteiger partial charge in [-0.2, -0.15) is 0 Å². The van der Waals surface area contributed by atoms with Gasteiger partial charge in [0.15, 0.2) is 28.2 Å². The molecule has 0 bridgehead atoms. The molecule has 3 aromatic heterocycles. The molecule has 1 fully saturated rings. The maximum Gasteiger partial charge on any atom is 0.201 e. The Morgan fingerprint density at radius 1 is 1.42 bits per heavy atom. The number of aromatic nitrogens is 3. The minimum absolute atomic E-state index is 0.00329. The fourth-order valence-electron chi connectivity index (χ4n) is 3.30. The standard InChI is InChI=1S/C18H17FN4O2S/c1-10-3-5-22(8-10)17-14(19)7-12-15(25)13(11(2)24)9-23(16(12)21-17)18-20-4-6-26-18/h4,6-7,9-10H,3,5,8H2,1-2H3. The van der Waals surface area contributed by atoms with Crippen LogP contribution >= 0.6 is 11.3 Å². The highest BCUT2D eigenvalue weighted by Gasteiger charge is 2.25. The van der Waals surface area contributed by atoms with Gasteiger partial charge in [-0.15, -0.1) is 11.3 Å². The summed E-state index contributed by atoms with van der Waals surface area (Å²) in [5, 5.41) is 2.44. The second kappa shape index (κ2) is 6.28. The quantitative estimate of drug-likeness (QED) is 0.661. The van der Waals surface area contributed by atoms with Gasteiger partial charge in [-0.3, -0.25) is 14.2 Å². The maximum atomic E-state index is 14.7. The SMILES string of the molecule is CC(=O)c1cn(-c2nccs2)c2nc(N3CCC(C)C3)c(F)cc2c1=O. The average molecular weight is 372 g/mol. The molecule has 0 amide bonds. The molecule has 4 heterocycles. The molecule has 8 heteroatoms. The lowest BCUT2D eigenvalue weighted by molar-refractivity contribution is 0.101. The summed E-state index contributed by atoms with van der Waals surface area (Å²) in [7, 11) is 0. The van der Waals surface area contributed by atoms with E-state index >= 15 is 0 Å². The monoisotopic (exact) mass is 372 g/mol. The van der Waals surface area contributed by atoms with Crippen LogP contribution in [0.5, 0.6) is 0 Å². The zero-order valence-corrected chi connectivity index (χ0v) is 15.2. The highest BCUT2D eigenvalue weighted by molar-refractivity contribution is 7.12. The first-order chi connectivity index (χ1) is 12.5. The Morgan fingerprint density at radius 2 is 2.23 bits per heavy atom. The van der Waals surface area contributed by atoms with Gasteiger partial charge in [-0.05, 0) is 25.3 Å². The summed E-state index contributed by atoms with van der Waals surface area (Å²) in [4.78, 5) is 35.2. The van der Waals surface area contributed by atoms with Gasteiger partial charge in [-0.1, -0.05) is 6.92 Å². The molecule has 3 aromatic rings. The molecule has 0 spiro atoms. The number of carbonyl (C=O) groups excluding carboxylic acids is 1. The van der Waals surface area contributed by atoms with E-state index in [4.69, 9.17) is 0 Å². The molecule has 1 aliphatic heterocycles. The van der Waals surface area contributed by atoms with Crippen molar-refractivity contribution in [2.24, 2.45) is 5.92 Å². The van der Waals surface area contributed by atoms with E-state index in [9.17, 15) is 14.0 Å². The van der Waals surface area contributed by atoms with Gasteiger partial charge in [0.25, 0.3) is 0 Å². The third-order valence-electron chi connectivity index (χ3n) is 4.64. The number of carbonyl (C=O) groups is 1. The number of hydrogen-bond acceptors (Lipinski definition) is 6. The van der Waals surface area contributed by atoms with Crippen LogP contribution in [0.3, 0.4) is 0 Å². The number of hydrogen-bond donors (Lipinski definition) is 0. The van der Waals surface area contributed by atoms with Crippen molar-refractivity contribution in [2.75, 3.05) is 18.0 Å². The fourth-order valence-corrected chi connectivity index (χ4v) is 3.91. The van der Waals surface area contributed by atoms with Crippen LogP contribution < -0.4 is 10.3 Å². The predicted octanol–water partition coefficient (Wildman–Crippen LogP) is 3.03. The van der Waals surface area contributed by atoms with Crippen molar-refractivity contribution >= 4 is 34.0 Å². The van der Waals surface area contributed by atoms with E-state index in [0.717, 1.165) is 19.5 Å². The predicted molar refractivity (Wildman–Crippen MR) is 99.0 cm³/mol. The van der Waals surface area contributed by atoms with Crippen molar-refractivity contribution in [3.8, 4) is 5.13 Å². The lowest BCUT2D eigenvalue weighted by Gasteiger charge is -2.19. The number of ketones is 1. The van der Waals surface area contributed by atoms with Crippen molar-refractivity contribution in [3.63, 3.8) is 0 Å². The Balaban J connectivity index is 2.02. The summed E-state index contributed by atoms with van der Waals surface area (Å²) < 4.78 is 16.3. The van der Waals surface area contributed by atoms with Crippen molar-refractivity contribution in [1.82, 2.24) is 14.5 Å². The van der Waals surface area contributed by atoms with Gasteiger partial charge in [0.1, 0.15) is 0 Å². The Morgan fingerprint density at radius 3 is 2.85 bits per heavy atom. The molecule has 1 saturated heterocycles. The first kappa shape index (κ1) is 16.8. The highest BCUT2D eigenvalue weighted by atomic mass is 32.1. The third kappa shape index (κ3) is 2.70. The number of pyridine rings is 2. The fraction of sp³-hybridized carbons (Fsp3) is 0.333. The van der Waals surface area contributed by atoms with Crippen molar-refractivity contribution in [2.45, 2.75) is 20.3 Å². The zero-order valence-electron chi connectivity index (χ0n) is 14.4. The van der Waals surface area contributed by atoms with Gasteiger partial charge in [0, 0.05) is 30.9 Å². The second-order valence-electron chi connectivity index (χ2n) is 6.62. The van der Waals surface area contributed by atoms with Crippen LogP contribution in [0.15, 0.2) is 28.6 Å². The van der Waals surface area contributed by atoms with Crippen LogP contribution in [0, 0.1) is 11.7 Å². The molecule has 134 valence electrons. The van der Waals surface area contributed by atoms with Crippen molar-refractivity contribution < 1.29 is 9.18 Å². The summed E-state index contributed by atoms with van der Waals surface area (Å²) in [5.41, 5.74) is -0.199. The van der Waals surface area contributed by atoms with E-state index in [0.29, 0.717) is 16.7 Å². The van der Waals surface area contributed by atoms with Gasteiger partial charge in [0.05, 0.1) is 10.9 Å². The summed E-state index contributed by atoms with van der Waals surface area (Å²) in [6, 6.07) is 1.19. The Kier molecular flexibility index (Phi) is 4.07. The molecule has 0 N–H and O–H groups in total. The molecule has 1 aliphatic rings. The Hall–Kier alpha value is -2.61. The summed E-state index contributed by atoms with van der Waals surface area (Å²) >= 11 is 1.35. The van der Waals surface area contributed by atoms with E-state index in [-0.39, 0.29) is 22.6 Å². The lowest BCUT2D eigenvalue weighted by Crippen LogP contribution is -2.24. The van der Waals surface area contributed by atoms with E-state index in [1.54, 1.807) is 16.1 Å². The molecule has 1 unspecified atom stereocenters. The average Bonchev–Trinajstić information content (AvgIpc) is 3.26. The molecular weight excluding hydrogens is 355 g/mol. The molecule has 1 atom stereocenters. The van der Waals surface area contributed by atoms with E-state index in [2.05, 4.69) is 16.9 Å². The minimum Gasteiger partial charge on any atom is -0.354 e. The minimum atomic E-state index is -0.546. The van der Waals surface area contributed by atoms with Gasteiger partial charge in [0.2, 0.25) is 5.43 Å². The summed E-state index contributed by atoms with van der Waals surface area (Å²) in [6.07, 6.45) is 4.05. The van der Waals surface area contributed by atoms with Gasteiger partial charge in [-0.25, -0.2) is 14.4 Å². The number of rotatable bonds is 3. The zero-order chi connectivity index (χ0) is 18.4. The molecule has 0 aliphatic carbocycles. The first-order valence-electron chi connectivity index (χ1n) is 8.37. The number of anilines is 1. The van der Waals surface area contributed by atoms with E-state index in [1.165, 1.54) is 30.5 Å². The largest absolute Gasteiger partial charge is 0.354 e. The van der Waals surface area contributed by atoms with Crippen molar-refractivity contribution in [3.05, 3.63) is 45.4 Å². The highest BCUT2D eigenvalue weighted by Crippen LogP contribution is 2.28. The number of nitrogens with zero attached hydrogens (tertiary/aromatic N) is 4. The Bertz CT molecular complexity index is 1060. The normalized spacial score (nSPS) is 17.2. The molecular formula is C18H17FN4O2S. The number of fused-ring (bicyclic) bond motifs is 1. The van der Waals surface area contributed by atoms with Crippen molar-refractivity contribution in [1.29, 1.82) is 0 Å². The summed E-state index contributed by atoms with van der Waals surface area (Å²) in [5.74, 6) is -0.217. The number of halogens is 1. The molecule has 0 radical (unpaired) electrons. The van der Waals surface area contributed by atoms with Crippen LogP contribution in [0.1, 0.15) is 30.6 Å². The number of Topliss-reactive ketones (excluding diaryl/α,β-unsaturated/α-hetero) is 1. The second-order valence-corrected chi connectivity index (χ2v) is 7.49. The molecule has 26 heavy (non-hydrogen) atoms. The van der Waals surface area contributed by atoms with Crippen LogP contribution in [-0.2, 0) is 0 Å². The number of thiazole rings is 1. The Labute approximate surface area is 152 Å². The van der Waals surface area contributed by atoms with Crippen LogP contribution in [0.2, 0.25) is 0 Å². The van der Waals surface area contributed by atoms with Crippen LogP contribution in [0.4, 0.5) is 10.2 Å².